The highest BCUT2D eigenvalue weighted by atomic mass is 35.5. The van der Waals surface area contributed by atoms with Gasteiger partial charge in [0.05, 0.1) is 10.7 Å². The van der Waals surface area contributed by atoms with E-state index in [1.54, 1.807) is 0 Å². The number of benzene rings is 1. The van der Waals surface area contributed by atoms with Gasteiger partial charge in [0.25, 0.3) is 0 Å². The van der Waals surface area contributed by atoms with E-state index in [2.05, 4.69) is 17.4 Å². The predicted molar refractivity (Wildman–Crippen MR) is 69.3 cm³/mol. The molecule has 1 heterocycles. The summed E-state index contributed by atoms with van der Waals surface area (Å²) in [4.78, 5) is 0. The molecule has 1 saturated carbocycles. The number of nitrogens with one attached hydrogen (secondary N) is 1. The van der Waals surface area contributed by atoms with Crippen molar-refractivity contribution in [3.63, 3.8) is 0 Å². The number of hydrogen-bond acceptors (Lipinski definition) is 1. The minimum atomic E-state index is 0.748. The monoisotopic (exact) mass is 235 g/mol. The lowest BCUT2D eigenvalue weighted by molar-refractivity contribution is 0.413. The summed E-state index contributed by atoms with van der Waals surface area (Å²) in [5, 5.41) is 4.34. The van der Waals surface area contributed by atoms with Crippen LogP contribution >= 0.6 is 11.6 Å². The molecule has 1 aromatic carbocycles. The number of para-hydroxylation sites is 1. The van der Waals surface area contributed by atoms with Crippen LogP contribution in [0, 0.1) is 5.92 Å². The molecule has 1 unspecified atom stereocenters. The van der Waals surface area contributed by atoms with Gasteiger partial charge in [-0.25, -0.2) is 0 Å². The topological polar surface area (TPSA) is 12.0 Å². The van der Waals surface area contributed by atoms with Crippen molar-refractivity contribution in [1.29, 1.82) is 0 Å². The summed E-state index contributed by atoms with van der Waals surface area (Å²) >= 11 is 6.25. The third-order valence-electron chi connectivity index (χ3n) is 4.17. The minimum absolute atomic E-state index is 0.748. The normalized spacial score (nSPS) is 25.2. The average Bonchev–Trinajstić information content (AvgIpc) is 2.82. The van der Waals surface area contributed by atoms with Crippen LogP contribution in [0.25, 0.3) is 0 Å². The molecule has 2 aliphatic rings. The Kier molecular flexibility index (Phi) is 2.81. The Morgan fingerprint density at radius 2 is 1.94 bits per heavy atom. The highest BCUT2D eigenvalue weighted by Crippen LogP contribution is 2.45. The van der Waals surface area contributed by atoms with E-state index in [1.165, 1.54) is 43.4 Å². The van der Waals surface area contributed by atoms with Crippen molar-refractivity contribution >= 4 is 17.3 Å². The lowest BCUT2D eigenvalue weighted by atomic mass is 9.80. The number of halogens is 1. The van der Waals surface area contributed by atoms with Crippen molar-refractivity contribution in [2.24, 2.45) is 5.92 Å². The molecule has 1 aliphatic carbocycles. The maximum atomic E-state index is 6.25. The van der Waals surface area contributed by atoms with Crippen LogP contribution in [0.4, 0.5) is 5.69 Å². The van der Waals surface area contributed by atoms with Crippen LogP contribution in [-0.2, 0) is 0 Å². The molecule has 1 atom stereocenters. The molecule has 16 heavy (non-hydrogen) atoms. The van der Waals surface area contributed by atoms with Crippen LogP contribution in [0.5, 0.6) is 0 Å². The maximum absolute atomic E-state index is 6.25. The Bertz CT molecular complexity index is 382. The first-order valence-corrected chi connectivity index (χ1v) is 6.76. The van der Waals surface area contributed by atoms with E-state index in [4.69, 9.17) is 11.6 Å². The Morgan fingerprint density at radius 1 is 1.12 bits per heavy atom. The Hall–Kier alpha value is -0.690. The quantitative estimate of drug-likeness (QED) is 0.760. The first kappa shape index (κ1) is 10.5. The first-order valence-electron chi connectivity index (χ1n) is 6.38. The third-order valence-corrected chi connectivity index (χ3v) is 4.49. The van der Waals surface area contributed by atoms with Crippen molar-refractivity contribution in [2.45, 2.75) is 38.0 Å². The van der Waals surface area contributed by atoms with E-state index in [1.807, 2.05) is 6.07 Å². The van der Waals surface area contributed by atoms with E-state index >= 15 is 0 Å². The van der Waals surface area contributed by atoms with Crippen molar-refractivity contribution in [3.05, 3.63) is 28.8 Å². The highest BCUT2D eigenvalue weighted by Gasteiger charge is 2.30. The summed E-state index contributed by atoms with van der Waals surface area (Å²) in [7, 11) is 0. The lowest BCUT2D eigenvalue weighted by Gasteiger charge is -2.31. The van der Waals surface area contributed by atoms with Gasteiger partial charge in [-0.2, -0.15) is 0 Å². The molecule has 0 radical (unpaired) electrons. The molecule has 1 N–H and O–H groups in total. The van der Waals surface area contributed by atoms with Crippen molar-refractivity contribution in [3.8, 4) is 0 Å². The van der Waals surface area contributed by atoms with Gasteiger partial charge in [0.15, 0.2) is 0 Å². The van der Waals surface area contributed by atoms with Gasteiger partial charge in [-0.05, 0) is 42.7 Å². The largest absolute Gasteiger partial charge is 0.384 e. The summed E-state index contributed by atoms with van der Waals surface area (Å²) in [5.74, 6) is 1.65. The number of rotatable bonds is 1. The second-order valence-electron chi connectivity index (χ2n) is 5.07. The molecule has 1 aliphatic heterocycles. The summed E-state index contributed by atoms with van der Waals surface area (Å²) in [5.41, 5.74) is 2.66. The van der Waals surface area contributed by atoms with E-state index in [-0.39, 0.29) is 0 Å². The summed E-state index contributed by atoms with van der Waals surface area (Å²) in [6.45, 7) is 1.08. The lowest BCUT2D eigenvalue weighted by Crippen LogP contribution is -2.21. The summed E-state index contributed by atoms with van der Waals surface area (Å²) < 4.78 is 0. The Balaban J connectivity index is 1.96. The zero-order valence-electron chi connectivity index (χ0n) is 9.51. The van der Waals surface area contributed by atoms with Crippen molar-refractivity contribution in [1.82, 2.24) is 0 Å². The van der Waals surface area contributed by atoms with Crippen molar-refractivity contribution in [2.75, 3.05) is 11.9 Å². The van der Waals surface area contributed by atoms with E-state index in [0.29, 0.717) is 0 Å². The molecule has 1 aromatic rings. The van der Waals surface area contributed by atoms with Gasteiger partial charge in [-0.15, -0.1) is 0 Å². The van der Waals surface area contributed by atoms with Gasteiger partial charge in [-0.3, -0.25) is 0 Å². The molecule has 0 aromatic heterocycles. The Labute approximate surface area is 102 Å². The van der Waals surface area contributed by atoms with Crippen LogP contribution < -0.4 is 5.32 Å². The molecule has 3 rings (SSSR count). The first-order chi connectivity index (χ1) is 7.86. The molecule has 0 bridgehead atoms. The van der Waals surface area contributed by atoms with E-state index in [9.17, 15) is 0 Å². The van der Waals surface area contributed by atoms with Crippen LogP contribution in [0.3, 0.4) is 0 Å². The fourth-order valence-corrected chi connectivity index (χ4v) is 3.64. The standard InChI is InChI=1S/C14H18ClN/c15-13-7-3-6-12-11(8-9-16-14(12)13)10-4-1-2-5-10/h3,6-7,10-11,16H,1-2,4-5,8-9H2. The van der Waals surface area contributed by atoms with Crippen LogP contribution in [0.2, 0.25) is 5.02 Å². The molecule has 1 nitrogen and oxygen atoms in total. The van der Waals surface area contributed by atoms with Gasteiger partial charge in [0.2, 0.25) is 0 Å². The molecule has 86 valence electrons. The maximum Gasteiger partial charge on any atom is 0.0640 e. The van der Waals surface area contributed by atoms with Gasteiger partial charge in [-0.1, -0.05) is 36.6 Å². The number of anilines is 1. The predicted octanol–water partition coefficient (Wildman–Crippen LogP) is 4.43. The summed E-state index contributed by atoms with van der Waals surface area (Å²) in [6, 6.07) is 6.34. The highest BCUT2D eigenvalue weighted by molar-refractivity contribution is 6.33. The SMILES string of the molecule is Clc1cccc2c1NCCC2C1CCCC1. The van der Waals surface area contributed by atoms with E-state index in [0.717, 1.165) is 23.4 Å². The second kappa shape index (κ2) is 4.29. The van der Waals surface area contributed by atoms with Crippen LogP contribution in [0.1, 0.15) is 43.6 Å². The van der Waals surface area contributed by atoms with Gasteiger partial charge in [0.1, 0.15) is 0 Å². The molecule has 0 spiro atoms. The molecular weight excluding hydrogens is 218 g/mol. The van der Waals surface area contributed by atoms with Crippen LogP contribution in [0.15, 0.2) is 18.2 Å². The fraction of sp³-hybridized carbons (Fsp3) is 0.571. The Morgan fingerprint density at radius 3 is 2.75 bits per heavy atom. The van der Waals surface area contributed by atoms with Gasteiger partial charge < -0.3 is 5.32 Å². The molecular formula is C14H18ClN. The van der Waals surface area contributed by atoms with Gasteiger partial charge in [0, 0.05) is 6.54 Å². The molecule has 1 fully saturated rings. The van der Waals surface area contributed by atoms with E-state index < -0.39 is 0 Å². The fourth-order valence-electron chi connectivity index (χ4n) is 3.39. The molecule has 0 amide bonds. The molecule has 0 saturated heterocycles. The van der Waals surface area contributed by atoms with Crippen molar-refractivity contribution < 1.29 is 0 Å². The summed E-state index contributed by atoms with van der Waals surface area (Å²) in [6.07, 6.45) is 6.94. The zero-order chi connectivity index (χ0) is 11.0. The second-order valence-corrected chi connectivity index (χ2v) is 5.48. The third kappa shape index (κ3) is 1.71. The smallest absolute Gasteiger partial charge is 0.0640 e. The minimum Gasteiger partial charge on any atom is -0.384 e. The van der Waals surface area contributed by atoms with Gasteiger partial charge >= 0.3 is 0 Å². The number of hydrogen-bond donors (Lipinski definition) is 1. The average molecular weight is 236 g/mol. The number of fused-ring (bicyclic) bond motifs is 1. The van der Waals surface area contributed by atoms with Crippen LogP contribution in [-0.4, -0.2) is 6.54 Å². The zero-order valence-corrected chi connectivity index (χ0v) is 10.3. The molecule has 2 heteroatoms.